The Morgan fingerprint density at radius 3 is 2.71 bits per heavy atom. The molecular formula is C21H26N6O. The van der Waals surface area contributed by atoms with Gasteiger partial charge in [-0.3, -0.25) is 15.0 Å². The zero-order valence-electron chi connectivity index (χ0n) is 16.6. The minimum Gasteiger partial charge on any atom is -0.338 e. The number of nitrogens with one attached hydrogen (secondary N) is 2. The van der Waals surface area contributed by atoms with Crippen molar-refractivity contribution in [1.29, 1.82) is 0 Å². The van der Waals surface area contributed by atoms with Gasteiger partial charge >= 0.3 is 0 Å². The first kappa shape index (κ1) is 18.4. The SMILES string of the molecule is Cc1[nH]nc(C(C)C)c1C(=O)N1CCCC(c2nc(-c3ccccc3)n[nH]2)C1. The van der Waals surface area contributed by atoms with Crippen molar-refractivity contribution < 1.29 is 4.79 Å². The van der Waals surface area contributed by atoms with Gasteiger partial charge in [-0.05, 0) is 25.7 Å². The van der Waals surface area contributed by atoms with E-state index in [4.69, 9.17) is 4.98 Å². The number of benzene rings is 1. The second-order valence-corrected chi connectivity index (χ2v) is 7.76. The zero-order chi connectivity index (χ0) is 19.7. The summed E-state index contributed by atoms with van der Waals surface area (Å²) in [6.45, 7) is 7.44. The highest BCUT2D eigenvalue weighted by molar-refractivity contribution is 5.96. The summed E-state index contributed by atoms with van der Waals surface area (Å²) in [7, 11) is 0. The zero-order valence-corrected chi connectivity index (χ0v) is 16.6. The summed E-state index contributed by atoms with van der Waals surface area (Å²) in [4.78, 5) is 19.9. The number of hydrogen-bond acceptors (Lipinski definition) is 4. The number of H-pyrrole nitrogens is 2. The summed E-state index contributed by atoms with van der Waals surface area (Å²) in [5, 5.41) is 14.8. The molecular weight excluding hydrogens is 352 g/mol. The summed E-state index contributed by atoms with van der Waals surface area (Å²) in [5.41, 5.74) is 3.39. The molecule has 0 bridgehead atoms. The highest BCUT2D eigenvalue weighted by Crippen LogP contribution is 2.29. The lowest BCUT2D eigenvalue weighted by Crippen LogP contribution is -2.40. The first-order valence-electron chi connectivity index (χ1n) is 9.86. The fourth-order valence-electron chi connectivity index (χ4n) is 3.85. The van der Waals surface area contributed by atoms with E-state index in [1.807, 2.05) is 42.2 Å². The molecule has 1 aliphatic rings. The van der Waals surface area contributed by atoms with Gasteiger partial charge in [0.25, 0.3) is 5.91 Å². The summed E-state index contributed by atoms with van der Waals surface area (Å²) >= 11 is 0. The third kappa shape index (κ3) is 3.44. The molecule has 1 amide bonds. The van der Waals surface area contributed by atoms with Crippen LogP contribution in [0.25, 0.3) is 11.4 Å². The van der Waals surface area contributed by atoms with Gasteiger partial charge in [0.05, 0.1) is 11.3 Å². The normalized spacial score (nSPS) is 17.3. The molecule has 2 N–H and O–H groups in total. The topological polar surface area (TPSA) is 90.6 Å². The molecule has 4 rings (SSSR count). The fraction of sp³-hybridized carbons (Fsp3) is 0.429. The molecule has 0 radical (unpaired) electrons. The molecule has 0 aliphatic carbocycles. The first-order valence-corrected chi connectivity index (χ1v) is 9.86. The minimum atomic E-state index is 0.0578. The van der Waals surface area contributed by atoms with E-state index in [1.54, 1.807) is 0 Å². The predicted molar refractivity (Wildman–Crippen MR) is 107 cm³/mol. The lowest BCUT2D eigenvalue weighted by molar-refractivity contribution is 0.0702. The van der Waals surface area contributed by atoms with Gasteiger partial charge in [-0.25, -0.2) is 4.98 Å². The smallest absolute Gasteiger partial charge is 0.257 e. The van der Waals surface area contributed by atoms with E-state index >= 15 is 0 Å². The first-order chi connectivity index (χ1) is 13.5. The summed E-state index contributed by atoms with van der Waals surface area (Å²) in [5.74, 6) is 1.98. The van der Waals surface area contributed by atoms with Crippen molar-refractivity contribution in [2.24, 2.45) is 0 Å². The Morgan fingerprint density at radius 2 is 1.96 bits per heavy atom. The number of hydrogen-bond donors (Lipinski definition) is 2. The van der Waals surface area contributed by atoms with Crippen LogP contribution in [0.15, 0.2) is 30.3 Å². The van der Waals surface area contributed by atoms with E-state index in [1.165, 1.54) is 0 Å². The number of aryl methyl sites for hydroxylation is 1. The molecule has 7 heteroatoms. The Kier molecular flexibility index (Phi) is 4.98. The third-order valence-corrected chi connectivity index (χ3v) is 5.37. The predicted octanol–water partition coefficient (Wildman–Crippen LogP) is 3.65. The molecule has 28 heavy (non-hydrogen) atoms. The van der Waals surface area contributed by atoms with Crippen LogP contribution >= 0.6 is 0 Å². The van der Waals surface area contributed by atoms with Crippen LogP contribution in [0, 0.1) is 6.92 Å². The summed E-state index contributed by atoms with van der Waals surface area (Å²) in [6.07, 6.45) is 1.94. The minimum absolute atomic E-state index is 0.0578. The number of piperidine rings is 1. The summed E-state index contributed by atoms with van der Waals surface area (Å²) < 4.78 is 0. The average Bonchev–Trinajstić information content (AvgIpc) is 3.35. The third-order valence-electron chi connectivity index (χ3n) is 5.37. The number of nitrogens with zero attached hydrogens (tertiary/aromatic N) is 4. The number of aromatic amines is 2. The quantitative estimate of drug-likeness (QED) is 0.725. The Labute approximate surface area is 164 Å². The maximum Gasteiger partial charge on any atom is 0.257 e. The Hall–Kier alpha value is -2.96. The second kappa shape index (κ2) is 7.58. The number of rotatable bonds is 4. The van der Waals surface area contributed by atoms with Crippen LogP contribution in [-0.2, 0) is 0 Å². The van der Waals surface area contributed by atoms with Crippen molar-refractivity contribution >= 4 is 5.91 Å². The second-order valence-electron chi connectivity index (χ2n) is 7.76. The van der Waals surface area contributed by atoms with Crippen LogP contribution in [0.5, 0.6) is 0 Å². The number of likely N-dealkylation sites (tertiary alicyclic amines) is 1. The van der Waals surface area contributed by atoms with E-state index in [-0.39, 0.29) is 17.7 Å². The number of carbonyl (C=O) groups excluding carboxylic acids is 1. The summed E-state index contributed by atoms with van der Waals surface area (Å²) in [6, 6.07) is 9.93. The van der Waals surface area contributed by atoms with Gasteiger partial charge in [-0.15, -0.1) is 0 Å². The van der Waals surface area contributed by atoms with Crippen LogP contribution in [0.3, 0.4) is 0 Å². The van der Waals surface area contributed by atoms with Crippen molar-refractivity contribution in [3.8, 4) is 11.4 Å². The molecule has 0 spiro atoms. The Balaban J connectivity index is 1.53. The van der Waals surface area contributed by atoms with Crippen LogP contribution in [0.2, 0.25) is 0 Å². The van der Waals surface area contributed by atoms with Crippen molar-refractivity contribution in [2.75, 3.05) is 13.1 Å². The molecule has 3 heterocycles. The van der Waals surface area contributed by atoms with Gasteiger partial charge in [0.15, 0.2) is 5.82 Å². The van der Waals surface area contributed by atoms with Gasteiger partial charge in [0, 0.05) is 30.3 Å². The van der Waals surface area contributed by atoms with Gasteiger partial charge < -0.3 is 4.90 Å². The molecule has 1 aliphatic heterocycles. The standard InChI is InChI=1S/C21H26N6O/c1-13(2)18-17(14(3)23-24-18)21(28)27-11-7-10-16(12-27)20-22-19(25-26-20)15-8-5-4-6-9-15/h4-6,8-9,13,16H,7,10-12H2,1-3H3,(H,23,24)(H,22,25,26). The molecule has 146 valence electrons. The van der Waals surface area contributed by atoms with Crippen molar-refractivity contribution in [1.82, 2.24) is 30.3 Å². The van der Waals surface area contributed by atoms with Crippen LogP contribution in [0.1, 0.15) is 66.1 Å². The number of amides is 1. The van der Waals surface area contributed by atoms with E-state index in [9.17, 15) is 4.79 Å². The molecule has 1 aromatic carbocycles. The molecule has 7 nitrogen and oxygen atoms in total. The molecule has 0 saturated carbocycles. The number of carbonyl (C=O) groups is 1. The van der Waals surface area contributed by atoms with Crippen LogP contribution < -0.4 is 0 Å². The van der Waals surface area contributed by atoms with E-state index in [2.05, 4.69) is 34.2 Å². The van der Waals surface area contributed by atoms with Gasteiger partial charge in [0.2, 0.25) is 0 Å². The monoisotopic (exact) mass is 378 g/mol. The molecule has 2 aromatic heterocycles. The molecule has 1 unspecified atom stereocenters. The Bertz CT molecular complexity index is 958. The van der Waals surface area contributed by atoms with Gasteiger partial charge in [-0.2, -0.15) is 10.2 Å². The lowest BCUT2D eigenvalue weighted by atomic mass is 9.95. The van der Waals surface area contributed by atoms with Crippen LogP contribution in [0.4, 0.5) is 0 Å². The maximum atomic E-state index is 13.2. The largest absolute Gasteiger partial charge is 0.338 e. The van der Waals surface area contributed by atoms with E-state index in [0.29, 0.717) is 12.4 Å². The highest BCUT2D eigenvalue weighted by Gasteiger charge is 2.31. The van der Waals surface area contributed by atoms with E-state index < -0.39 is 0 Å². The highest BCUT2D eigenvalue weighted by atomic mass is 16.2. The van der Waals surface area contributed by atoms with Gasteiger partial charge in [0.1, 0.15) is 5.82 Å². The molecule has 1 atom stereocenters. The molecule has 1 fully saturated rings. The van der Waals surface area contributed by atoms with Crippen LogP contribution in [-0.4, -0.2) is 49.3 Å². The fourth-order valence-corrected chi connectivity index (χ4v) is 3.85. The number of aromatic nitrogens is 5. The average molecular weight is 378 g/mol. The van der Waals surface area contributed by atoms with Gasteiger partial charge in [-0.1, -0.05) is 44.2 Å². The molecule has 3 aromatic rings. The lowest BCUT2D eigenvalue weighted by Gasteiger charge is -2.32. The molecule has 1 saturated heterocycles. The van der Waals surface area contributed by atoms with Crippen molar-refractivity contribution in [2.45, 2.75) is 45.4 Å². The van der Waals surface area contributed by atoms with Crippen molar-refractivity contribution in [3.05, 3.63) is 53.1 Å². The maximum absolute atomic E-state index is 13.2. The van der Waals surface area contributed by atoms with Crippen molar-refractivity contribution in [3.63, 3.8) is 0 Å². The van der Waals surface area contributed by atoms with E-state index in [0.717, 1.165) is 47.7 Å². The Morgan fingerprint density at radius 1 is 1.18 bits per heavy atom.